The smallest absolute Gasteiger partial charge is 0.407 e. The van der Waals surface area contributed by atoms with Crippen LogP contribution in [0.15, 0.2) is 0 Å². The number of hydrogen-bond acceptors (Lipinski definition) is 4. The summed E-state index contributed by atoms with van der Waals surface area (Å²) in [7, 11) is 0. The summed E-state index contributed by atoms with van der Waals surface area (Å²) in [6, 6.07) is -0.0300. The largest absolute Gasteiger partial charge is 0.465 e. The first-order valence-corrected chi connectivity index (χ1v) is 7.97. The van der Waals surface area contributed by atoms with Crippen LogP contribution in [0.3, 0.4) is 0 Å². The highest BCUT2D eigenvalue weighted by molar-refractivity contribution is 7.13. The van der Waals surface area contributed by atoms with Gasteiger partial charge in [-0.1, -0.05) is 20.8 Å². The second kappa shape index (κ2) is 5.75. The lowest BCUT2D eigenvalue weighted by Crippen LogP contribution is -2.51. The van der Waals surface area contributed by atoms with Crippen molar-refractivity contribution >= 4 is 23.7 Å². The number of hydrogen-bond donors (Lipinski definition) is 1. The van der Waals surface area contributed by atoms with Gasteiger partial charge in [-0.25, -0.2) is 9.78 Å². The fourth-order valence-electron chi connectivity index (χ4n) is 2.95. The van der Waals surface area contributed by atoms with Gasteiger partial charge < -0.3 is 10.0 Å². The minimum absolute atomic E-state index is 0.0300. The van der Waals surface area contributed by atoms with E-state index in [9.17, 15) is 14.7 Å². The summed E-state index contributed by atoms with van der Waals surface area (Å²) >= 11 is 1.44. The molecule has 1 aliphatic heterocycles. The second-order valence-corrected chi connectivity index (χ2v) is 7.76. The van der Waals surface area contributed by atoms with Crippen molar-refractivity contribution in [3.63, 3.8) is 0 Å². The molecule has 21 heavy (non-hydrogen) atoms. The maximum atomic E-state index is 11.4. The van der Waals surface area contributed by atoms with Crippen LogP contribution in [-0.2, 0) is 0 Å². The first-order chi connectivity index (χ1) is 9.74. The summed E-state index contributed by atoms with van der Waals surface area (Å²) in [5.74, 6) is 0.238. The molecule has 6 heteroatoms. The Morgan fingerprint density at radius 3 is 2.62 bits per heavy atom. The Morgan fingerprint density at radius 2 is 2.14 bits per heavy atom. The molecule has 1 aromatic rings. The van der Waals surface area contributed by atoms with Gasteiger partial charge in [0, 0.05) is 18.5 Å². The summed E-state index contributed by atoms with van der Waals surface area (Å²) in [5, 5.41) is 10.3. The topological polar surface area (TPSA) is 70.5 Å². The van der Waals surface area contributed by atoms with Crippen LogP contribution in [0.1, 0.15) is 59.9 Å². The fraction of sp³-hybridized carbons (Fsp3) is 0.667. The van der Waals surface area contributed by atoms with Gasteiger partial charge in [-0.3, -0.25) is 4.79 Å². The van der Waals surface area contributed by atoms with E-state index in [-0.39, 0.29) is 17.4 Å². The number of carbonyl (C=O) groups is 2. The molecule has 1 fully saturated rings. The normalized spacial score (nSPS) is 23.1. The number of aromatic nitrogens is 1. The molecule has 0 spiro atoms. The number of aryl methyl sites for hydroxylation is 1. The van der Waals surface area contributed by atoms with Crippen LogP contribution in [0.2, 0.25) is 0 Å². The van der Waals surface area contributed by atoms with Gasteiger partial charge >= 0.3 is 6.09 Å². The summed E-state index contributed by atoms with van der Waals surface area (Å²) in [6.45, 7) is 8.58. The monoisotopic (exact) mass is 310 g/mol. The second-order valence-electron chi connectivity index (χ2n) is 6.70. The Hall–Kier alpha value is -1.43. The van der Waals surface area contributed by atoms with Crippen LogP contribution in [-0.4, -0.2) is 40.0 Å². The summed E-state index contributed by atoms with van der Waals surface area (Å²) in [6.07, 6.45) is 1.53. The minimum atomic E-state index is -0.850. The molecule has 1 saturated heterocycles. The molecule has 1 N–H and O–H groups in total. The standard InChI is InChI=1S/C15H22N2O3S/c1-9-11(8-18)21-13(16-9)10-5-6-17(14(19)20)12(7-10)15(2,3)4/h8,10,12H,5-7H2,1-4H3,(H,19,20). The minimum Gasteiger partial charge on any atom is -0.465 e. The van der Waals surface area contributed by atoms with Crippen LogP contribution < -0.4 is 0 Å². The molecule has 0 saturated carbocycles. The molecule has 2 rings (SSSR count). The molecule has 5 nitrogen and oxygen atoms in total. The Morgan fingerprint density at radius 1 is 1.48 bits per heavy atom. The molecule has 1 aliphatic rings. The maximum absolute atomic E-state index is 11.4. The molecular formula is C15H22N2O3S. The maximum Gasteiger partial charge on any atom is 0.407 e. The first-order valence-electron chi connectivity index (χ1n) is 7.16. The molecule has 0 aromatic carbocycles. The highest BCUT2D eigenvalue weighted by Crippen LogP contribution is 2.40. The van der Waals surface area contributed by atoms with E-state index in [1.54, 1.807) is 4.90 Å². The lowest BCUT2D eigenvalue weighted by Gasteiger charge is -2.44. The van der Waals surface area contributed by atoms with Gasteiger partial charge in [0.1, 0.15) is 0 Å². The number of carboxylic acid groups (broad SMARTS) is 1. The van der Waals surface area contributed by atoms with E-state index >= 15 is 0 Å². The van der Waals surface area contributed by atoms with Crippen LogP contribution in [0.25, 0.3) is 0 Å². The lowest BCUT2D eigenvalue weighted by molar-refractivity contribution is 0.0525. The number of rotatable bonds is 2. The van der Waals surface area contributed by atoms with Crippen molar-refractivity contribution in [2.24, 2.45) is 5.41 Å². The van der Waals surface area contributed by atoms with Gasteiger partial charge in [-0.05, 0) is 25.2 Å². The van der Waals surface area contributed by atoms with Gasteiger partial charge in [-0.15, -0.1) is 11.3 Å². The average Bonchev–Trinajstić information content (AvgIpc) is 2.78. The molecule has 2 unspecified atom stereocenters. The van der Waals surface area contributed by atoms with Crippen molar-refractivity contribution < 1.29 is 14.7 Å². The van der Waals surface area contributed by atoms with Crippen molar-refractivity contribution in [1.29, 1.82) is 0 Å². The molecular weight excluding hydrogens is 288 g/mol. The van der Waals surface area contributed by atoms with Gasteiger partial charge in [0.25, 0.3) is 0 Å². The van der Waals surface area contributed by atoms with Crippen molar-refractivity contribution in [3.8, 4) is 0 Å². The molecule has 1 amide bonds. The fourth-order valence-corrected chi connectivity index (χ4v) is 3.98. The highest BCUT2D eigenvalue weighted by Gasteiger charge is 2.39. The van der Waals surface area contributed by atoms with E-state index < -0.39 is 6.09 Å². The molecule has 0 aliphatic carbocycles. The molecule has 0 radical (unpaired) electrons. The Bertz CT molecular complexity index is 548. The van der Waals surface area contributed by atoms with Crippen LogP contribution in [0, 0.1) is 12.3 Å². The van der Waals surface area contributed by atoms with Crippen LogP contribution in [0.4, 0.5) is 4.79 Å². The quantitative estimate of drug-likeness (QED) is 0.848. The Kier molecular flexibility index (Phi) is 4.37. The summed E-state index contributed by atoms with van der Waals surface area (Å²) < 4.78 is 0. The van der Waals surface area contributed by atoms with Crippen molar-refractivity contribution in [2.75, 3.05) is 6.54 Å². The number of nitrogens with zero attached hydrogens (tertiary/aromatic N) is 2. The van der Waals surface area contributed by atoms with Crippen molar-refractivity contribution in [1.82, 2.24) is 9.88 Å². The van der Waals surface area contributed by atoms with Gasteiger partial charge in [-0.2, -0.15) is 0 Å². The predicted octanol–water partition coefficient (Wildman–Crippen LogP) is 3.54. The third-order valence-electron chi connectivity index (χ3n) is 4.15. The van der Waals surface area contributed by atoms with Crippen LogP contribution in [0.5, 0.6) is 0 Å². The van der Waals surface area contributed by atoms with Gasteiger partial charge in [0.05, 0.1) is 15.6 Å². The number of amides is 1. The first kappa shape index (κ1) is 15.9. The molecule has 1 aromatic heterocycles. The molecule has 116 valence electrons. The number of carbonyl (C=O) groups excluding carboxylic acids is 1. The number of aldehydes is 1. The number of likely N-dealkylation sites (tertiary alicyclic amines) is 1. The third kappa shape index (κ3) is 3.26. The zero-order valence-electron chi connectivity index (χ0n) is 12.9. The number of piperidine rings is 1. The van der Waals surface area contributed by atoms with Crippen molar-refractivity contribution in [2.45, 2.75) is 52.5 Å². The van der Waals surface area contributed by atoms with E-state index in [0.717, 1.165) is 29.8 Å². The molecule has 2 atom stereocenters. The van der Waals surface area contributed by atoms with E-state index in [2.05, 4.69) is 25.8 Å². The summed E-state index contributed by atoms with van der Waals surface area (Å²) in [4.78, 5) is 29.1. The van der Waals surface area contributed by atoms with Gasteiger partial charge in [0.15, 0.2) is 6.29 Å². The van der Waals surface area contributed by atoms with E-state index in [1.165, 1.54) is 11.3 Å². The highest BCUT2D eigenvalue weighted by atomic mass is 32.1. The van der Waals surface area contributed by atoms with Crippen molar-refractivity contribution in [3.05, 3.63) is 15.6 Å². The Balaban J connectivity index is 2.24. The summed E-state index contributed by atoms with van der Waals surface area (Å²) in [5.41, 5.74) is 0.662. The van der Waals surface area contributed by atoms with Gasteiger partial charge in [0.2, 0.25) is 0 Å². The Labute approximate surface area is 129 Å². The predicted molar refractivity (Wildman–Crippen MR) is 82.2 cm³/mol. The van der Waals surface area contributed by atoms with E-state index in [1.807, 2.05) is 6.92 Å². The lowest BCUT2D eigenvalue weighted by atomic mass is 9.77. The molecule has 0 bridgehead atoms. The van der Waals surface area contributed by atoms with Crippen LogP contribution >= 0.6 is 11.3 Å². The SMILES string of the molecule is Cc1nc(C2CCN(C(=O)O)C(C(C)(C)C)C2)sc1C=O. The third-order valence-corrected chi connectivity index (χ3v) is 5.40. The average molecular weight is 310 g/mol. The van der Waals surface area contributed by atoms with E-state index in [0.29, 0.717) is 11.4 Å². The zero-order valence-corrected chi connectivity index (χ0v) is 13.7. The molecule has 2 heterocycles. The number of thiazole rings is 1. The zero-order chi connectivity index (χ0) is 15.8. The van der Waals surface area contributed by atoms with E-state index in [4.69, 9.17) is 0 Å².